The fraction of sp³-hybridized carbons (Fsp3) is 0.231. The van der Waals surface area contributed by atoms with E-state index in [2.05, 4.69) is 31.7 Å². The standard InChI is InChI=1S/C13H18N6/c1-5-14-6-2-12(1)9-16-18-11-19-17-10-13-3-7-15-8-4-13/h1-8,16-19H,9-11H2. The molecule has 19 heavy (non-hydrogen) atoms. The summed E-state index contributed by atoms with van der Waals surface area (Å²) in [6.07, 6.45) is 7.13. The minimum absolute atomic E-state index is 0.621. The number of rotatable bonds is 8. The van der Waals surface area contributed by atoms with Crippen molar-refractivity contribution in [2.75, 3.05) is 6.67 Å². The van der Waals surface area contributed by atoms with Gasteiger partial charge in [-0.25, -0.2) is 10.9 Å². The van der Waals surface area contributed by atoms with E-state index in [1.807, 2.05) is 24.3 Å². The zero-order chi connectivity index (χ0) is 13.2. The van der Waals surface area contributed by atoms with Gasteiger partial charge in [-0.3, -0.25) is 20.8 Å². The van der Waals surface area contributed by atoms with Crippen molar-refractivity contribution < 1.29 is 0 Å². The Morgan fingerprint density at radius 2 is 1.05 bits per heavy atom. The molecule has 2 heterocycles. The third-order valence-corrected chi connectivity index (χ3v) is 2.51. The molecule has 0 spiro atoms. The summed E-state index contributed by atoms with van der Waals surface area (Å²) in [5.41, 5.74) is 14.7. The van der Waals surface area contributed by atoms with Gasteiger partial charge in [0.15, 0.2) is 0 Å². The number of nitrogens with one attached hydrogen (secondary N) is 4. The fourth-order valence-electron chi connectivity index (χ4n) is 1.50. The van der Waals surface area contributed by atoms with Gasteiger partial charge < -0.3 is 0 Å². The number of aromatic nitrogens is 2. The van der Waals surface area contributed by atoms with Crippen LogP contribution in [-0.2, 0) is 13.1 Å². The predicted octanol–water partition coefficient (Wildman–Crippen LogP) is 0.323. The van der Waals surface area contributed by atoms with Crippen molar-refractivity contribution in [2.24, 2.45) is 0 Å². The lowest BCUT2D eigenvalue weighted by atomic mass is 10.3. The van der Waals surface area contributed by atoms with Gasteiger partial charge in [0.1, 0.15) is 0 Å². The van der Waals surface area contributed by atoms with E-state index in [0.717, 1.165) is 13.1 Å². The second kappa shape index (κ2) is 8.28. The molecule has 0 unspecified atom stereocenters. The molecule has 0 aromatic carbocycles. The van der Waals surface area contributed by atoms with Crippen LogP contribution in [0.1, 0.15) is 11.1 Å². The van der Waals surface area contributed by atoms with Crippen LogP contribution in [0.15, 0.2) is 49.1 Å². The van der Waals surface area contributed by atoms with E-state index in [1.54, 1.807) is 24.8 Å². The highest BCUT2D eigenvalue weighted by atomic mass is 15.5. The highest BCUT2D eigenvalue weighted by Gasteiger charge is 1.91. The maximum atomic E-state index is 3.97. The van der Waals surface area contributed by atoms with Crippen molar-refractivity contribution in [1.29, 1.82) is 0 Å². The number of pyridine rings is 2. The Morgan fingerprint density at radius 1 is 0.632 bits per heavy atom. The Morgan fingerprint density at radius 3 is 1.47 bits per heavy atom. The molecule has 0 saturated heterocycles. The molecule has 0 saturated carbocycles. The maximum absolute atomic E-state index is 3.97. The number of nitrogens with zero attached hydrogens (tertiary/aromatic N) is 2. The molecule has 0 radical (unpaired) electrons. The lowest BCUT2D eigenvalue weighted by molar-refractivity contribution is 0.434. The molecule has 2 aromatic heterocycles. The molecular weight excluding hydrogens is 240 g/mol. The highest BCUT2D eigenvalue weighted by molar-refractivity contribution is 5.09. The first-order chi connectivity index (χ1) is 9.45. The quantitative estimate of drug-likeness (QED) is 0.310. The summed E-state index contributed by atoms with van der Waals surface area (Å²) in [4.78, 5) is 7.94. The Hall–Kier alpha value is -1.86. The second-order valence-corrected chi connectivity index (χ2v) is 3.95. The van der Waals surface area contributed by atoms with E-state index < -0.39 is 0 Å². The van der Waals surface area contributed by atoms with Crippen LogP contribution in [0.5, 0.6) is 0 Å². The highest BCUT2D eigenvalue weighted by Crippen LogP contribution is 1.94. The molecule has 100 valence electrons. The molecule has 0 aliphatic carbocycles. The van der Waals surface area contributed by atoms with Crippen LogP contribution >= 0.6 is 0 Å². The van der Waals surface area contributed by atoms with Gasteiger partial charge in [0.25, 0.3) is 0 Å². The molecular formula is C13H18N6. The summed E-state index contributed by atoms with van der Waals surface area (Å²) in [7, 11) is 0. The van der Waals surface area contributed by atoms with E-state index in [1.165, 1.54) is 11.1 Å². The van der Waals surface area contributed by atoms with Gasteiger partial charge in [-0.05, 0) is 35.4 Å². The van der Waals surface area contributed by atoms with Crippen LogP contribution in [0.2, 0.25) is 0 Å². The SMILES string of the molecule is c1cc(CNNCNNCc2ccncc2)ccn1. The summed E-state index contributed by atoms with van der Waals surface area (Å²) in [6.45, 7) is 2.14. The average molecular weight is 258 g/mol. The monoisotopic (exact) mass is 258 g/mol. The van der Waals surface area contributed by atoms with E-state index in [-0.39, 0.29) is 0 Å². The molecule has 0 aliphatic rings. The molecule has 0 atom stereocenters. The topological polar surface area (TPSA) is 73.9 Å². The lowest BCUT2D eigenvalue weighted by Crippen LogP contribution is -2.44. The van der Waals surface area contributed by atoms with E-state index in [4.69, 9.17) is 0 Å². The van der Waals surface area contributed by atoms with Gasteiger partial charge in [0.05, 0.1) is 6.67 Å². The van der Waals surface area contributed by atoms with Crippen LogP contribution in [-0.4, -0.2) is 16.6 Å². The molecule has 6 nitrogen and oxygen atoms in total. The normalized spacial score (nSPS) is 10.5. The van der Waals surface area contributed by atoms with Crippen molar-refractivity contribution in [3.05, 3.63) is 60.2 Å². The Balaban J connectivity index is 1.49. The van der Waals surface area contributed by atoms with Crippen LogP contribution in [0.4, 0.5) is 0 Å². The smallest absolute Gasteiger partial charge is 0.0721 e. The van der Waals surface area contributed by atoms with Crippen molar-refractivity contribution in [3.8, 4) is 0 Å². The van der Waals surface area contributed by atoms with E-state index in [9.17, 15) is 0 Å². The van der Waals surface area contributed by atoms with Crippen molar-refractivity contribution in [2.45, 2.75) is 13.1 Å². The first-order valence-electron chi connectivity index (χ1n) is 6.14. The molecule has 2 aromatic rings. The lowest BCUT2D eigenvalue weighted by Gasteiger charge is -2.09. The largest absolute Gasteiger partial charge is 0.265 e. The fourth-order valence-corrected chi connectivity index (χ4v) is 1.50. The Kier molecular flexibility index (Phi) is 5.91. The van der Waals surface area contributed by atoms with Crippen molar-refractivity contribution in [1.82, 2.24) is 31.7 Å². The number of hydrogen-bond acceptors (Lipinski definition) is 6. The average Bonchev–Trinajstić information content (AvgIpc) is 2.48. The minimum Gasteiger partial charge on any atom is -0.265 e. The minimum atomic E-state index is 0.621. The number of hydrazine groups is 2. The Bertz CT molecular complexity index is 404. The zero-order valence-electron chi connectivity index (χ0n) is 10.6. The van der Waals surface area contributed by atoms with Crippen LogP contribution in [0, 0.1) is 0 Å². The summed E-state index contributed by atoms with van der Waals surface area (Å²) in [5, 5.41) is 0. The van der Waals surface area contributed by atoms with Gasteiger partial charge in [0.2, 0.25) is 0 Å². The van der Waals surface area contributed by atoms with Crippen LogP contribution in [0.3, 0.4) is 0 Å². The summed E-state index contributed by atoms with van der Waals surface area (Å²) >= 11 is 0. The van der Waals surface area contributed by atoms with Gasteiger partial charge in [-0.1, -0.05) is 0 Å². The molecule has 4 N–H and O–H groups in total. The summed E-state index contributed by atoms with van der Waals surface area (Å²) in [5.74, 6) is 0. The van der Waals surface area contributed by atoms with E-state index >= 15 is 0 Å². The molecule has 0 amide bonds. The van der Waals surface area contributed by atoms with Gasteiger partial charge in [-0.2, -0.15) is 0 Å². The predicted molar refractivity (Wildman–Crippen MR) is 73.3 cm³/mol. The van der Waals surface area contributed by atoms with Crippen LogP contribution < -0.4 is 21.7 Å². The molecule has 0 fully saturated rings. The third kappa shape index (κ3) is 5.54. The maximum Gasteiger partial charge on any atom is 0.0721 e. The van der Waals surface area contributed by atoms with Gasteiger partial charge in [-0.15, -0.1) is 0 Å². The van der Waals surface area contributed by atoms with E-state index in [0.29, 0.717) is 6.67 Å². The zero-order valence-corrected chi connectivity index (χ0v) is 10.6. The van der Waals surface area contributed by atoms with Crippen molar-refractivity contribution >= 4 is 0 Å². The Labute approximate surface area is 112 Å². The van der Waals surface area contributed by atoms with Crippen LogP contribution in [0.25, 0.3) is 0 Å². The summed E-state index contributed by atoms with van der Waals surface area (Å²) in [6, 6.07) is 7.90. The molecule has 6 heteroatoms. The third-order valence-electron chi connectivity index (χ3n) is 2.51. The first kappa shape index (κ1) is 13.6. The van der Waals surface area contributed by atoms with Gasteiger partial charge >= 0.3 is 0 Å². The molecule has 0 bridgehead atoms. The van der Waals surface area contributed by atoms with Gasteiger partial charge in [0, 0.05) is 37.9 Å². The second-order valence-electron chi connectivity index (χ2n) is 3.95. The summed E-state index contributed by atoms with van der Waals surface area (Å²) < 4.78 is 0. The molecule has 0 aliphatic heterocycles. The van der Waals surface area contributed by atoms with Crippen molar-refractivity contribution in [3.63, 3.8) is 0 Å². The first-order valence-corrected chi connectivity index (χ1v) is 6.14. The molecule has 2 rings (SSSR count). The number of hydrogen-bond donors (Lipinski definition) is 4.